The van der Waals surface area contributed by atoms with Crippen molar-refractivity contribution >= 4 is 71.3 Å². The van der Waals surface area contributed by atoms with Gasteiger partial charge in [0.05, 0.1) is 22.1 Å². The summed E-state index contributed by atoms with van der Waals surface area (Å²) in [7, 11) is 0. The highest BCUT2D eigenvalue weighted by Gasteiger charge is 2.18. The lowest BCUT2D eigenvalue weighted by Crippen LogP contribution is -1.92. The molecule has 0 saturated carbocycles. The zero-order chi connectivity index (χ0) is 28.8. The predicted molar refractivity (Wildman–Crippen MR) is 181 cm³/mol. The van der Waals surface area contributed by atoms with Crippen LogP contribution >= 0.6 is 0 Å². The van der Waals surface area contributed by atoms with Crippen molar-refractivity contribution in [1.82, 2.24) is 14.4 Å². The Kier molecular flexibility index (Phi) is 4.69. The smallest absolute Gasteiger partial charge is 0.162 e. The molecule has 10 rings (SSSR count). The van der Waals surface area contributed by atoms with Gasteiger partial charge in [0.2, 0.25) is 0 Å². The van der Waals surface area contributed by atoms with Gasteiger partial charge in [-0.2, -0.15) is 0 Å². The normalized spacial score (nSPS) is 12.1. The van der Waals surface area contributed by atoms with E-state index in [9.17, 15) is 0 Å². The molecule has 4 nitrogen and oxygen atoms in total. The van der Waals surface area contributed by atoms with Gasteiger partial charge in [-0.3, -0.25) is 4.40 Å². The molecule has 4 heterocycles. The molecule has 0 atom stereocenters. The third-order valence-corrected chi connectivity index (χ3v) is 8.97. The monoisotopic (exact) mass is 561 g/mol. The zero-order valence-electron chi connectivity index (χ0n) is 23.5. The molecular weight excluding hydrogens is 538 g/mol. The molecule has 44 heavy (non-hydrogen) atoms. The van der Waals surface area contributed by atoms with Gasteiger partial charge in [0.15, 0.2) is 5.58 Å². The Hall–Kier alpha value is -6.00. The lowest BCUT2D eigenvalue weighted by molar-refractivity contribution is 0.670. The minimum atomic E-state index is 0.825. The van der Waals surface area contributed by atoms with Gasteiger partial charge in [-0.05, 0) is 64.5 Å². The van der Waals surface area contributed by atoms with Gasteiger partial charge in [-0.25, -0.2) is 9.97 Å². The molecule has 4 aromatic heterocycles. The maximum absolute atomic E-state index is 6.44. The summed E-state index contributed by atoms with van der Waals surface area (Å²) < 4.78 is 8.74. The summed E-state index contributed by atoms with van der Waals surface area (Å²) in [5.74, 6) is 0. The second-order valence-corrected chi connectivity index (χ2v) is 11.4. The van der Waals surface area contributed by atoms with E-state index in [0.717, 1.165) is 77.2 Å². The summed E-state index contributed by atoms with van der Waals surface area (Å²) in [5, 5.41) is 5.69. The summed E-state index contributed by atoms with van der Waals surface area (Å²) in [6.07, 6.45) is 0. The molecule has 0 fully saturated rings. The van der Waals surface area contributed by atoms with Crippen LogP contribution in [0.2, 0.25) is 0 Å². The van der Waals surface area contributed by atoms with Crippen LogP contribution < -0.4 is 0 Å². The van der Waals surface area contributed by atoms with E-state index < -0.39 is 0 Å². The van der Waals surface area contributed by atoms with Crippen molar-refractivity contribution in [3.05, 3.63) is 140 Å². The number of hydrogen-bond acceptors (Lipinski definition) is 3. The van der Waals surface area contributed by atoms with Crippen LogP contribution in [0.25, 0.3) is 93.6 Å². The molecular formula is C40H23N3O. The molecule has 0 amide bonds. The van der Waals surface area contributed by atoms with Crippen LogP contribution in [-0.2, 0) is 0 Å². The average Bonchev–Trinajstić information content (AvgIpc) is 3.66. The van der Waals surface area contributed by atoms with Gasteiger partial charge >= 0.3 is 0 Å². The van der Waals surface area contributed by atoms with E-state index in [-0.39, 0.29) is 0 Å². The fraction of sp³-hybridized carbons (Fsp3) is 0. The molecule has 204 valence electrons. The van der Waals surface area contributed by atoms with Crippen molar-refractivity contribution in [2.45, 2.75) is 0 Å². The molecule has 0 aliphatic heterocycles. The molecule has 0 saturated heterocycles. The fourth-order valence-electron chi connectivity index (χ4n) is 6.94. The van der Waals surface area contributed by atoms with Crippen molar-refractivity contribution in [2.24, 2.45) is 0 Å². The zero-order valence-corrected chi connectivity index (χ0v) is 23.5. The maximum atomic E-state index is 6.44. The van der Waals surface area contributed by atoms with E-state index in [1.807, 2.05) is 24.3 Å². The van der Waals surface area contributed by atoms with E-state index in [4.69, 9.17) is 14.4 Å². The van der Waals surface area contributed by atoms with Crippen molar-refractivity contribution in [2.75, 3.05) is 0 Å². The quantitative estimate of drug-likeness (QED) is 0.197. The third-order valence-electron chi connectivity index (χ3n) is 8.97. The molecule has 0 aliphatic carbocycles. The standard InChI is InChI=1S/C40H23N3O/c1-2-10-28-27(9-1)31-23-26(21-22-34(31)43-35-15-7-6-14-33(35)42-40(28)43)24-17-19-25(20-18-24)37-29-11-3-5-13-32(29)41-38-30-12-4-8-16-36(30)44-39(37)38/h1-23H. The topological polar surface area (TPSA) is 43.3 Å². The number of benzene rings is 6. The number of aromatic nitrogens is 3. The van der Waals surface area contributed by atoms with E-state index in [0.29, 0.717) is 0 Å². The van der Waals surface area contributed by atoms with E-state index in [1.54, 1.807) is 0 Å². The summed E-state index contributed by atoms with van der Waals surface area (Å²) in [5.41, 5.74) is 12.3. The highest BCUT2D eigenvalue weighted by molar-refractivity contribution is 6.16. The SMILES string of the molecule is c1ccc2c(-c3ccc(-c4ccc5c(c4)c4ccccc4c4nc6ccccc6n54)cc3)c3oc4ccccc4c3nc2c1. The molecule has 0 aliphatic rings. The van der Waals surface area contributed by atoms with Gasteiger partial charge in [-0.15, -0.1) is 0 Å². The number of rotatable bonds is 2. The van der Waals surface area contributed by atoms with Gasteiger partial charge in [-0.1, -0.05) is 97.1 Å². The second kappa shape index (κ2) is 8.76. The summed E-state index contributed by atoms with van der Waals surface area (Å²) in [4.78, 5) is 10.0. The van der Waals surface area contributed by atoms with Gasteiger partial charge in [0.25, 0.3) is 0 Å². The summed E-state index contributed by atoms with van der Waals surface area (Å²) >= 11 is 0. The first-order valence-electron chi connectivity index (χ1n) is 14.8. The Bertz CT molecular complexity index is 2770. The van der Waals surface area contributed by atoms with Crippen LogP contribution in [0.3, 0.4) is 0 Å². The molecule has 0 bridgehead atoms. The first-order chi connectivity index (χ1) is 21.8. The van der Waals surface area contributed by atoms with Crippen LogP contribution in [-0.4, -0.2) is 14.4 Å². The number of imidazole rings is 1. The molecule has 4 heteroatoms. The number of pyridine rings is 2. The minimum absolute atomic E-state index is 0.825. The van der Waals surface area contributed by atoms with Crippen LogP contribution in [0.1, 0.15) is 0 Å². The molecule has 0 radical (unpaired) electrons. The van der Waals surface area contributed by atoms with Crippen LogP contribution in [0.15, 0.2) is 144 Å². The van der Waals surface area contributed by atoms with Crippen molar-refractivity contribution in [3.8, 4) is 22.3 Å². The Morgan fingerprint density at radius 1 is 0.455 bits per heavy atom. The highest BCUT2D eigenvalue weighted by atomic mass is 16.3. The molecule has 0 unspecified atom stereocenters. The summed E-state index contributed by atoms with van der Waals surface area (Å²) in [6.45, 7) is 0. The Labute approximate surface area is 251 Å². The molecule has 6 aromatic carbocycles. The number of para-hydroxylation sites is 4. The van der Waals surface area contributed by atoms with Crippen molar-refractivity contribution in [1.29, 1.82) is 0 Å². The Balaban J connectivity index is 1.18. The first kappa shape index (κ1) is 23.6. The highest BCUT2D eigenvalue weighted by Crippen LogP contribution is 2.40. The van der Waals surface area contributed by atoms with Gasteiger partial charge < -0.3 is 4.42 Å². The Morgan fingerprint density at radius 3 is 1.98 bits per heavy atom. The van der Waals surface area contributed by atoms with Crippen molar-refractivity contribution < 1.29 is 4.42 Å². The Morgan fingerprint density at radius 2 is 1.11 bits per heavy atom. The number of fused-ring (bicyclic) bond motifs is 12. The molecule has 10 aromatic rings. The number of furan rings is 1. The lowest BCUT2D eigenvalue weighted by atomic mass is 9.95. The van der Waals surface area contributed by atoms with Crippen molar-refractivity contribution in [3.63, 3.8) is 0 Å². The second-order valence-electron chi connectivity index (χ2n) is 11.4. The minimum Gasteiger partial charge on any atom is -0.454 e. The number of hydrogen-bond donors (Lipinski definition) is 0. The first-order valence-corrected chi connectivity index (χ1v) is 14.8. The third kappa shape index (κ3) is 3.22. The lowest BCUT2D eigenvalue weighted by Gasteiger charge is -2.12. The van der Waals surface area contributed by atoms with Crippen LogP contribution in [0, 0.1) is 0 Å². The maximum Gasteiger partial charge on any atom is 0.162 e. The largest absolute Gasteiger partial charge is 0.454 e. The van der Waals surface area contributed by atoms with Gasteiger partial charge in [0, 0.05) is 27.1 Å². The predicted octanol–water partition coefficient (Wildman–Crippen LogP) is 10.6. The van der Waals surface area contributed by atoms with Crippen LogP contribution in [0.4, 0.5) is 0 Å². The fourth-order valence-corrected chi connectivity index (χ4v) is 6.94. The van der Waals surface area contributed by atoms with E-state index in [1.165, 1.54) is 16.3 Å². The van der Waals surface area contributed by atoms with E-state index >= 15 is 0 Å². The molecule has 0 spiro atoms. The number of nitrogens with zero attached hydrogens (tertiary/aromatic N) is 3. The molecule has 0 N–H and O–H groups in total. The average molecular weight is 562 g/mol. The van der Waals surface area contributed by atoms with E-state index in [2.05, 4.69) is 120 Å². The summed E-state index contributed by atoms with van der Waals surface area (Å²) in [6, 6.07) is 49.0. The van der Waals surface area contributed by atoms with Crippen LogP contribution in [0.5, 0.6) is 0 Å². The van der Waals surface area contributed by atoms with Gasteiger partial charge in [0.1, 0.15) is 16.7 Å².